The zero-order chi connectivity index (χ0) is 12.3. The Kier molecular flexibility index (Phi) is 2.33. The van der Waals surface area contributed by atoms with Crippen molar-refractivity contribution >= 4 is 11.6 Å². The van der Waals surface area contributed by atoms with Crippen LogP contribution in [0.4, 0.5) is 0 Å². The summed E-state index contributed by atoms with van der Waals surface area (Å²) in [5, 5.41) is 0.782. The number of epoxide rings is 1. The number of hydrogen-bond acceptors (Lipinski definition) is 2. The second-order valence-electron chi connectivity index (χ2n) is 5.83. The highest BCUT2D eigenvalue weighted by Gasteiger charge is 2.73. The number of hydrogen-bond donors (Lipinski definition) is 0. The summed E-state index contributed by atoms with van der Waals surface area (Å²) in [6.07, 6.45) is 4.39. The minimum atomic E-state index is -0.0223. The lowest BCUT2D eigenvalue weighted by Gasteiger charge is -2.27. The van der Waals surface area contributed by atoms with Crippen molar-refractivity contribution in [1.82, 2.24) is 0 Å². The van der Waals surface area contributed by atoms with E-state index < -0.39 is 0 Å². The molecule has 5 atom stereocenters. The molecule has 1 saturated heterocycles. The Hall–Kier alpha value is -0.570. The molecule has 1 aromatic carbocycles. The molecule has 0 N–H and O–H groups in total. The van der Waals surface area contributed by atoms with Gasteiger partial charge in [-0.05, 0) is 48.8 Å². The smallest absolute Gasteiger partial charge is 0.128 e. The van der Waals surface area contributed by atoms with Gasteiger partial charge in [-0.1, -0.05) is 23.7 Å². The predicted molar refractivity (Wildman–Crippen MR) is 69.6 cm³/mol. The van der Waals surface area contributed by atoms with Gasteiger partial charge in [0.15, 0.2) is 0 Å². The molecule has 2 nitrogen and oxygen atoms in total. The Balaban J connectivity index is 1.65. The van der Waals surface area contributed by atoms with Gasteiger partial charge in [0.25, 0.3) is 0 Å². The Morgan fingerprint density at radius 1 is 1.28 bits per heavy atom. The topological polar surface area (TPSA) is 21.8 Å². The van der Waals surface area contributed by atoms with E-state index in [4.69, 9.17) is 21.1 Å². The lowest BCUT2D eigenvalue weighted by Crippen LogP contribution is -2.38. The van der Waals surface area contributed by atoms with Crippen LogP contribution in [-0.4, -0.2) is 18.8 Å². The minimum Gasteiger partial charge on any atom is -0.378 e. The summed E-state index contributed by atoms with van der Waals surface area (Å²) in [5.74, 6) is 1.39. The molecule has 1 heterocycles. The summed E-state index contributed by atoms with van der Waals surface area (Å²) in [4.78, 5) is 0. The molecule has 4 rings (SSSR count). The van der Waals surface area contributed by atoms with Crippen LogP contribution in [0, 0.1) is 11.8 Å². The third-order valence-electron chi connectivity index (χ3n) is 5.09. The lowest BCUT2D eigenvalue weighted by atomic mass is 9.81. The van der Waals surface area contributed by atoms with Gasteiger partial charge in [-0.3, -0.25) is 0 Å². The SMILES string of the molecule is CO[C@H]1[C@H]2CC[C@H](C2)[C@]12O[C@H]2c1ccc(Cl)cc1. The molecule has 2 bridgehead atoms. The van der Waals surface area contributed by atoms with Crippen LogP contribution in [0.2, 0.25) is 5.02 Å². The van der Waals surface area contributed by atoms with Gasteiger partial charge < -0.3 is 9.47 Å². The monoisotopic (exact) mass is 264 g/mol. The first-order chi connectivity index (χ1) is 8.75. The van der Waals surface area contributed by atoms with Crippen LogP contribution in [0.15, 0.2) is 24.3 Å². The lowest BCUT2D eigenvalue weighted by molar-refractivity contribution is -0.00526. The zero-order valence-electron chi connectivity index (χ0n) is 10.4. The van der Waals surface area contributed by atoms with Crippen LogP contribution in [0.25, 0.3) is 0 Å². The average Bonchev–Trinajstić information content (AvgIpc) is 2.81. The van der Waals surface area contributed by atoms with Crippen LogP contribution < -0.4 is 0 Å². The molecule has 1 aliphatic heterocycles. The van der Waals surface area contributed by atoms with Crippen molar-refractivity contribution in [3.05, 3.63) is 34.9 Å². The van der Waals surface area contributed by atoms with Gasteiger partial charge in [-0.25, -0.2) is 0 Å². The van der Waals surface area contributed by atoms with E-state index in [0.29, 0.717) is 11.8 Å². The van der Waals surface area contributed by atoms with Crippen molar-refractivity contribution in [2.24, 2.45) is 11.8 Å². The first kappa shape index (κ1) is 11.3. The maximum Gasteiger partial charge on any atom is 0.128 e. The summed E-state index contributed by atoms with van der Waals surface area (Å²) in [6.45, 7) is 0. The third-order valence-corrected chi connectivity index (χ3v) is 5.34. The largest absolute Gasteiger partial charge is 0.378 e. The molecule has 1 aromatic rings. The molecule has 3 fully saturated rings. The van der Waals surface area contributed by atoms with Gasteiger partial charge in [0, 0.05) is 12.1 Å². The molecule has 2 saturated carbocycles. The molecule has 0 aromatic heterocycles. The van der Waals surface area contributed by atoms with Gasteiger partial charge in [0.2, 0.25) is 0 Å². The molecule has 0 unspecified atom stereocenters. The molecule has 3 aliphatic rings. The van der Waals surface area contributed by atoms with Crippen molar-refractivity contribution in [1.29, 1.82) is 0 Å². The molecular weight excluding hydrogens is 248 g/mol. The first-order valence-electron chi connectivity index (χ1n) is 6.72. The van der Waals surface area contributed by atoms with Gasteiger partial charge in [0.1, 0.15) is 11.7 Å². The average molecular weight is 265 g/mol. The molecular formula is C15H17ClO2. The summed E-state index contributed by atoms with van der Waals surface area (Å²) in [6, 6.07) is 8.06. The third kappa shape index (κ3) is 1.31. The van der Waals surface area contributed by atoms with E-state index >= 15 is 0 Å². The fraction of sp³-hybridized carbons (Fsp3) is 0.600. The Bertz CT molecular complexity index is 472. The van der Waals surface area contributed by atoms with Crippen molar-refractivity contribution in [2.75, 3.05) is 7.11 Å². The second-order valence-corrected chi connectivity index (χ2v) is 6.27. The minimum absolute atomic E-state index is 0.0223. The van der Waals surface area contributed by atoms with Gasteiger partial charge in [-0.2, -0.15) is 0 Å². The maximum absolute atomic E-state index is 6.16. The molecule has 3 heteroatoms. The van der Waals surface area contributed by atoms with E-state index in [1.54, 1.807) is 0 Å². The van der Waals surface area contributed by atoms with Crippen LogP contribution in [-0.2, 0) is 9.47 Å². The van der Waals surface area contributed by atoms with E-state index in [-0.39, 0.29) is 17.8 Å². The van der Waals surface area contributed by atoms with Gasteiger partial charge >= 0.3 is 0 Å². The van der Waals surface area contributed by atoms with E-state index in [1.165, 1.54) is 24.8 Å². The van der Waals surface area contributed by atoms with E-state index in [1.807, 2.05) is 19.2 Å². The molecule has 0 amide bonds. The molecule has 18 heavy (non-hydrogen) atoms. The highest BCUT2D eigenvalue weighted by Crippen LogP contribution is 2.68. The molecule has 96 valence electrons. The zero-order valence-corrected chi connectivity index (χ0v) is 11.2. The number of rotatable bonds is 2. The number of methoxy groups -OCH3 is 1. The number of ether oxygens (including phenoxy) is 2. The Labute approximate surface area is 112 Å². The van der Waals surface area contributed by atoms with Crippen molar-refractivity contribution < 1.29 is 9.47 Å². The van der Waals surface area contributed by atoms with Gasteiger partial charge in [-0.15, -0.1) is 0 Å². The van der Waals surface area contributed by atoms with Crippen LogP contribution >= 0.6 is 11.6 Å². The highest BCUT2D eigenvalue weighted by atomic mass is 35.5. The van der Waals surface area contributed by atoms with E-state index in [0.717, 1.165) is 5.02 Å². The Morgan fingerprint density at radius 3 is 2.78 bits per heavy atom. The van der Waals surface area contributed by atoms with E-state index in [2.05, 4.69) is 12.1 Å². The number of fused-ring (bicyclic) bond motifs is 3. The van der Waals surface area contributed by atoms with Crippen LogP contribution in [0.3, 0.4) is 0 Å². The summed E-state index contributed by atoms with van der Waals surface area (Å²) < 4.78 is 11.9. The quantitative estimate of drug-likeness (QED) is 0.762. The normalized spacial score (nSPS) is 44.8. The molecule has 0 radical (unpaired) electrons. The van der Waals surface area contributed by atoms with Crippen LogP contribution in [0.1, 0.15) is 30.9 Å². The summed E-state index contributed by atoms with van der Waals surface area (Å²) in [5.41, 5.74) is 1.22. The highest BCUT2D eigenvalue weighted by molar-refractivity contribution is 6.30. The predicted octanol–water partition coefficient (Wildman–Crippen LogP) is 3.60. The molecule has 1 spiro atoms. The summed E-state index contributed by atoms with van der Waals surface area (Å²) in [7, 11) is 1.83. The van der Waals surface area contributed by atoms with E-state index in [9.17, 15) is 0 Å². The molecule has 2 aliphatic carbocycles. The Morgan fingerprint density at radius 2 is 2.06 bits per heavy atom. The van der Waals surface area contributed by atoms with Crippen molar-refractivity contribution in [3.8, 4) is 0 Å². The van der Waals surface area contributed by atoms with Crippen LogP contribution in [0.5, 0.6) is 0 Å². The number of halogens is 1. The van der Waals surface area contributed by atoms with Gasteiger partial charge in [0.05, 0.1) is 6.10 Å². The second kappa shape index (κ2) is 3.72. The fourth-order valence-corrected chi connectivity index (χ4v) is 4.47. The fourth-order valence-electron chi connectivity index (χ4n) is 4.34. The number of benzene rings is 1. The van der Waals surface area contributed by atoms with Crippen molar-refractivity contribution in [2.45, 2.75) is 37.1 Å². The first-order valence-corrected chi connectivity index (χ1v) is 7.09. The summed E-state index contributed by atoms with van der Waals surface area (Å²) >= 11 is 5.94. The standard InChI is InChI=1S/C15H17ClO2/c1-17-13-10-2-5-11(8-10)15(13)14(18-15)9-3-6-12(16)7-4-9/h3-4,6-7,10-11,13-14H,2,5,8H2,1H3/t10-,11+,13-,14-,15-/m0/s1. The maximum atomic E-state index is 6.16. The van der Waals surface area contributed by atoms with Crippen molar-refractivity contribution in [3.63, 3.8) is 0 Å².